The smallest absolute Gasteiger partial charge is 0.344 e. The monoisotopic (exact) mass is 350 g/mol. The van der Waals surface area contributed by atoms with Crippen molar-refractivity contribution in [1.29, 1.82) is 0 Å². The lowest BCUT2D eigenvalue weighted by molar-refractivity contribution is -0.150. The van der Waals surface area contributed by atoms with Gasteiger partial charge in [0, 0.05) is 6.54 Å². The molecule has 0 atom stereocenters. The number of carbonyl (C=O) groups is 3. The van der Waals surface area contributed by atoms with Crippen molar-refractivity contribution in [3.8, 4) is 5.75 Å². The zero-order chi connectivity index (χ0) is 18.9. The summed E-state index contributed by atoms with van der Waals surface area (Å²) in [7, 11) is 0. The van der Waals surface area contributed by atoms with Crippen LogP contribution in [0.5, 0.6) is 5.75 Å². The largest absolute Gasteiger partial charge is 0.482 e. The van der Waals surface area contributed by atoms with E-state index in [-0.39, 0.29) is 12.0 Å². The van der Waals surface area contributed by atoms with E-state index >= 15 is 0 Å². The molecule has 0 aliphatic heterocycles. The molecule has 0 aliphatic carbocycles. The van der Waals surface area contributed by atoms with Crippen LogP contribution in [0.4, 0.5) is 4.79 Å². The lowest BCUT2D eigenvalue weighted by atomic mass is 9.87. The Labute approximate surface area is 148 Å². The number of hydrogen-bond donors (Lipinski definition) is 2. The second-order valence-corrected chi connectivity index (χ2v) is 6.53. The van der Waals surface area contributed by atoms with Crippen molar-refractivity contribution in [2.45, 2.75) is 39.5 Å². The number of amides is 3. The molecule has 0 saturated carbocycles. The normalized spacial score (nSPS) is 10.7. The second kappa shape index (κ2) is 9.66. The lowest BCUT2D eigenvalue weighted by Gasteiger charge is -2.19. The molecule has 1 aromatic rings. The van der Waals surface area contributed by atoms with E-state index in [0.717, 1.165) is 12.0 Å². The second-order valence-electron chi connectivity index (χ2n) is 6.53. The van der Waals surface area contributed by atoms with Gasteiger partial charge in [0.05, 0.1) is 0 Å². The molecule has 7 nitrogen and oxygen atoms in total. The SMILES string of the molecule is CCCNC(=O)NC(=O)COC(=O)COc1ccc(C(C)(C)C)cc1. The van der Waals surface area contributed by atoms with E-state index in [1.165, 1.54) is 0 Å². The zero-order valence-electron chi connectivity index (χ0n) is 15.2. The number of carbonyl (C=O) groups excluding carboxylic acids is 3. The number of urea groups is 1. The van der Waals surface area contributed by atoms with Crippen molar-refractivity contribution in [2.75, 3.05) is 19.8 Å². The van der Waals surface area contributed by atoms with E-state index in [1.54, 1.807) is 12.1 Å². The Hall–Kier alpha value is -2.57. The number of benzene rings is 1. The molecule has 2 N–H and O–H groups in total. The number of ether oxygens (including phenoxy) is 2. The predicted molar refractivity (Wildman–Crippen MR) is 93.4 cm³/mol. The Balaban J connectivity index is 2.31. The highest BCUT2D eigenvalue weighted by molar-refractivity contribution is 5.95. The molecule has 0 aromatic heterocycles. The molecular weight excluding hydrogens is 324 g/mol. The molecule has 0 bridgehead atoms. The highest BCUT2D eigenvalue weighted by atomic mass is 16.6. The summed E-state index contributed by atoms with van der Waals surface area (Å²) >= 11 is 0. The number of nitrogens with one attached hydrogen (secondary N) is 2. The topological polar surface area (TPSA) is 93.7 Å². The first-order valence-corrected chi connectivity index (χ1v) is 8.19. The van der Waals surface area contributed by atoms with Gasteiger partial charge in [-0.05, 0) is 29.5 Å². The van der Waals surface area contributed by atoms with Gasteiger partial charge in [0.25, 0.3) is 5.91 Å². The van der Waals surface area contributed by atoms with Crippen molar-refractivity contribution in [2.24, 2.45) is 0 Å². The summed E-state index contributed by atoms with van der Waals surface area (Å²) in [5, 5.41) is 4.53. The van der Waals surface area contributed by atoms with Crippen LogP contribution in [0.3, 0.4) is 0 Å². The molecule has 0 saturated heterocycles. The third-order valence-corrected chi connectivity index (χ3v) is 3.23. The molecule has 1 rings (SSSR count). The molecule has 138 valence electrons. The maximum atomic E-state index is 11.6. The first kappa shape index (κ1) is 20.5. The fraction of sp³-hybridized carbons (Fsp3) is 0.500. The van der Waals surface area contributed by atoms with Crippen molar-refractivity contribution in [3.05, 3.63) is 29.8 Å². The van der Waals surface area contributed by atoms with Crippen LogP contribution in [0.15, 0.2) is 24.3 Å². The fourth-order valence-corrected chi connectivity index (χ4v) is 1.83. The van der Waals surface area contributed by atoms with Crippen LogP contribution in [-0.2, 0) is 19.7 Å². The summed E-state index contributed by atoms with van der Waals surface area (Å²) in [5.41, 5.74) is 1.19. The van der Waals surface area contributed by atoms with Crippen LogP contribution in [0.1, 0.15) is 39.7 Å². The van der Waals surface area contributed by atoms with E-state index in [4.69, 9.17) is 9.47 Å². The molecule has 0 fully saturated rings. The summed E-state index contributed by atoms with van der Waals surface area (Å²) in [5.74, 6) is -0.853. The van der Waals surface area contributed by atoms with E-state index in [2.05, 4.69) is 31.4 Å². The predicted octanol–water partition coefficient (Wildman–Crippen LogP) is 2.14. The molecule has 0 radical (unpaired) electrons. The first-order chi connectivity index (χ1) is 11.7. The Morgan fingerprint density at radius 3 is 2.24 bits per heavy atom. The highest BCUT2D eigenvalue weighted by Gasteiger charge is 2.14. The highest BCUT2D eigenvalue weighted by Crippen LogP contribution is 2.24. The molecule has 0 spiro atoms. The summed E-state index contributed by atoms with van der Waals surface area (Å²) in [4.78, 5) is 34.3. The third-order valence-electron chi connectivity index (χ3n) is 3.23. The summed E-state index contributed by atoms with van der Waals surface area (Å²) < 4.78 is 10.1. The van der Waals surface area contributed by atoms with Crippen molar-refractivity contribution < 1.29 is 23.9 Å². The zero-order valence-corrected chi connectivity index (χ0v) is 15.2. The Morgan fingerprint density at radius 2 is 1.68 bits per heavy atom. The van der Waals surface area contributed by atoms with Gasteiger partial charge in [-0.1, -0.05) is 39.8 Å². The summed E-state index contributed by atoms with van der Waals surface area (Å²) in [6.45, 7) is 7.81. The molecule has 0 unspecified atom stereocenters. The van der Waals surface area contributed by atoms with Crippen molar-refractivity contribution in [1.82, 2.24) is 10.6 Å². The molecule has 25 heavy (non-hydrogen) atoms. The van der Waals surface area contributed by atoms with Crippen molar-refractivity contribution in [3.63, 3.8) is 0 Å². The van der Waals surface area contributed by atoms with E-state index in [9.17, 15) is 14.4 Å². The lowest BCUT2D eigenvalue weighted by Crippen LogP contribution is -2.41. The van der Waals surface area contributed by atoms with Crippen LogP contribution in [0.2, 0.25) is 0 Å². The van der Waals surface area contributed by atoms with Crippen LogP contribution in [-0.4, -0.2) is 37.7 Å². The fourth-order valence-electron chi connectivity index (χ4n) is 1.83. The van der Waals surface area contributed by atoms with Crippen LogP contribution in [0, 0.1) is 0 Å². The number of hydrogen-bond acceptors (Lipinski definition) is 5. The van der Waals surface area contributed by atoms with Gasteiger partial charge >= 0.3 is 12.0 Å². The number of rotatable bonds is 7. The molecule has 0 heterocycles. The Morgan fingerprint density at radius 1 is 1.04 bits per heavy atom. The maximum Gasteiger partial charge on any atom is 0.344 e. The average Bonchev–Trinajstić information content (AvgIpc) is 2.55. The van der Waals surface area contributed by atoms with Gasteiger partial charge < -0.3 is 14.8 Å². The van der Waals surface area contributed by atoms with Gasteiger partial charge in [-0.15, -0.1) is 0 Å². The van der Waals surface area contributed by atoms with E-state index < -0.39 is 24.5 Å². The Bertz CT molecular complexity index is 590. The summed E-state index contributed by atoms with van der Waals surface area (Å²) in [6.07, 6.45) is 0.755. The molecule has 0 aliphatic rings. The van der Waals surface area contributed by atoms with Crippen LogP contribution >= 0.6 is 0 Å². The van der Waals surface area contributed by atoms with Gasteiger partial charge in [-0.3, -0.25) is 10.1 Å². The molecule has 3 amide bonds. The van der Waals surface area contributed by atoms with Gasteiger partial charge in [0.15, 0.2) is 13.2 Å². The van der Waals surface area contributed by atoms with Crippen LogP contribution in [0.25, 0.3) is 0 Å². The van der Waals surface area contributed by atoms with Gasteiger partial charge in [-0.25, -0.2) is 9.59 Å². The minimum Gasteiger partial charge on any atom is -0.482 e. The van der Waals surface area contributed by atoms with Gasteiger partial charge in [0.1, 0.15) is 5.75 Å². The number of imide groups is 1. The maximum absolute atomic E-state index is 11.6. The molecule has 7 heteroatoms. The average molecular weight is 350 g/mol. The van der Waals surface area contributed by atoms with E-state index in [1.807, 2.05) is 19.1 Å². The van der Waals surface area contributed by atoms with Crippen LogP contribution < -0.4 is 15.4 Å². The summed E-state index contributed by atoms with van der Waals surface area (Å²) in [6, 6.07) is 6.81. The van der Waals surface area contributed by atoms with E-state index in [0.29, 0.717) is 12.3 Å². The standard InChI is InChI=1S/C18H26N2O5/c1-5-10-19-17(23)20-15(21)11-25-16(22)12-24-14-8-6-13(7-9-14)18(2,3)4/h6-9H,5,10-12H2,1-4H3,(H2,19,20,21,23). The molecular formula is C18H26N2O5. The minimum absolute atomic E-state index is 0.0360. The first-order valence-electron chi connectivity index (χ1n) is 8.19. The third kappa shape index (κ3) is 8.19. The minimum atomic E-state index is -0.698. The number of esters is 1. The van der Waals surface area contributed by atoms with Gasteiger partial charge in [0.2, 0.25) is 0 Å². The molecule has 1 aromatic carbocycles. The van der Waals surface area contributed by atoms with Crippen molar-refractivity contribution >= 4 is 17.9 Å². The van der Waals surface area contributed by atoms with Gasteiger partial charge in [-0.2, -0.15) is 0 Å². The quantitative estimate of drug-likeness (QED) is 0.735. The Kier molecular flexibility index (Phi) is 7.91.